The van der Waals surface area contributed by atoms with Gasteiger partial charge in [-0.3, -0.25) is 0 Å². The number of aliphatic hydroxyl groups excluding tert-OH is 1. The minimum Gasteiger partial charge on any atom is -1.00 e. The molecule has 0 radical (unpaired) electrons. The lowest BCUT2D eigenvalue weighted by molar-refractivity contribution is -0.958. The zero-order chi connectivity index (χ0) is 9.90. The van der Waals surface area contributed by atoms with Crippen LogP contribution in [0, 0.1) is 0 Å². The van der Waals surface area contributed by atoms with Crippen molar-refractivity contribution < 1.29 is 33.6 Å². The highest BCUT2D eigenvalue weighted by atomic mass is 127. The van der Waals surface area contributed by atoms with Crippen molar-refractivity contribution in [2.75, 3.05) is 20.2 Å². The van der Waals surface area contributed by atoms with Crippen LogP contribution in [0.3, 0.4) is 0 Å². The van der Waals surface area contributed by atoms with Gasteiger partial charge in [0.15, 0.2) is 0 Å². The van der Waals surface area contributed by atoms with Crippen LogP contribution in [-0.2, 0) is 0 Å². The summed E-state index contributed by atoms with van der Waals surface area (Å²) < 4.78 is 1.17. The van der Waals surface area contributed by atoms with Gasteiger partial charge in [-0.1, -0.05) is 0 Å². The van der Waals surface area contributed by atoms with Gasteiger partial charge >= 0.3 is 0 Å². The fraction of sp³-hybridized carbons (Fsp3) is 1.00. The van der Waals surface area contributed by atoms with E-state index in [1.165, 1.54) is 23.7 Å². The summed E-state index contributed by atoms with van der Waals surface area (Å²) in [6.07, 6.45) is 5.04. The van der Waals surface area contributed by atoms with Crippen LogP contribution in [0.2, 0.25) is 0 Å². The van der Waals surface area contributed by atoms with E-state index in [1.807, 2.05) is 0 Å². The van der Waals surface area contributed by atoms with Gasteiger partial charge in [-0.25, -0.2) is 0 Å². The SMILES string of the molecule is CC1CCCC(C)[N+]1(C)CCCO.[I-]. The van der Waals surface area contributed by atoms with Crippen molar-refractivity contribution in [3.63, 3.8) is 0 Å². The average molecular weight is 313 g/mol. The number of quaternary nitrogens is 1. The Morgan fingerprint density at radius 2 is 1.71 bits per heavy atom. The molecule has 0 aromatic heterocycles. The highest BCUT2D eigenvalue weighted by Gasteiger charge is 2.37. The Labute approximate surface area is 105 Å². The fourth-order valence-corrected chi connectivity index (χ4v) is 2.59. The van der Waals surface area contributed by atoms with Gasteiger partial charge in [-0.15, -0.1) is 0 Å². The van der Waals surface area contributed by atoms with E-state index in [0.717, 1.165) is 25.0 Å². The van der Waals surface area contributed by atoms with Crippen LogP contribution in [0.4, 0.5) is 0 Å². The molecule has 0 spiro atoms. The summed E-state index contributed by atoms with van der Waals surface area (Å²) in [5.41, 5.74) is 0. The number of aliphatic hydroxyl groups is 1. The molecule has 1 aliphatic heterocycles. The molecular formula is C11H24INO. The number of hydrogen-bond acceptors (Lipinski definition) is 1. The van der Waals surface area contributed by atoms with E-state index in [1.54, 1.807) is 0 Å². The second-order valence-electron chi connectivity index (χ2n) is 4.78. The van der Waals surface area contributed by atoms with Gasteiger partial charge in [0.05, 0.1) is 25.7 Å². The number of rotatable bonds is 3. The normalized spacial score (nSPS) is 37.7. The molecule has 2 atom stereocenters. The molecule has 1 aliphatic rings. The van der Waals surface area contributed by atoms with Crippen LogP contribution < -0.4 is 24.0 Å². The molecule has 1 fully saturated rings. The molecule has 0 aromatic carbocycles. The minimum absolute atomic E-state index is 0. The van der Waals surface area contributed by atoms with Crippen LogP contribution in [0.1, 0.15) is 39.5 Å². The molecule has 1 rings (SSSR count). The maximum absolute atomic E-state index is 8.87. The maximum Gasteiger partial charge on any atom is 0.0861 e. The van der Waals surface area contributed by atoms with Crippen molar-refractivity contribution in [3.8, 4) is 0 Å². The maximum atomic E-state index is 8.87. The molecule has 0 bridgehead atoms. The highest BCUT2D eigenvalue weighted by molar-refractivity contribution is 4.67. The molecule has 0 aliphatic carbocycles. The second-order valence-corrected chi connectivity index (χ2v) is 4.78. The van der Waals surface area contributed by atoms with Gasteiger partial charge < -0.3 is 33.6 Å². The zero-order valence-electron chi connectivity index (χ0n) is 9.67. The number of piperidine rings is 1. The van der Waals surface area contributed by atoms with Crippen molar-refractivity contribution in [3.05, 3.63) is 0 Å². The van der Waals surface area contributed by atoms with E-state index in [-0.39, 0.29) is 24.0 Å². The van der Waals surface area contributed by atoms with Crippen LogP contribution in [0.15, 0.2) is 0 Å². The lowest BCUT2D eigenvalue weighted by Crippen LogP contribution is -3.00. The topological polar surface area (TPSA) is 20.2 Å². The number of nitrogens with zero attached hydrogens (tertiary/aromatic N) is 1. The largest absolute Gasteiger partial charge is 1.00 e. The van der Waals surface area contributed by atoms with Gasteiger partial charge in [-0.05, 0) is 33.1 Å². The highest BCUT2D eigenvalue weighted by Crippen LogP contribution is 2.29. The van der Waals surface area contributed by atoms with Gasteiger partial charge in [0.1, 0.15) is 0 Å². The monoisotopic (exact) mass is 313 g/mol. The number of hydrogen-bond donors (Lipinski definition) is 1. The van der Waals surface area contributed by atoms with Gasteiger partial charge in [0.2, 0.25) is 0 Å². The minimum atomic E-state index is 0. The Bertz CT molecular complexity index is 153. The summed E-state index contributed by atoms with van der Waals surface area (Å²) in [5, 5.41) is 8.87. The summed E-state index contributed by atoms with van der Waals surface area (Å²) in [6, 6.07) is 1.55. The Morgan fingerprint density at radius 3 is 2.14 bits per heavy atom. The van der Waals surface area contributed by atoms with E-state index in [4.69, 9.17) is 5.11 Å². The standard InChI is InChI=1S/C11H24NO.HI/c1-10-6-4-7-11(2)12(10,3)8-5-9-13;/h10-11,13H,4-9H2,1-3H3;1H/q+1;/p-1. The van der Waals surface area contributed by atoms with Crippen LogP contribution in [-0.4, -0.2) is 41.9 Å². The van der Waals surface area contributed by atoms with Crippen LogP contribution >= 0.6 is 0 Å². The molecule has 0 amide bonds. The third-order valence-corrected chi connectivity index (χ3v) is 4.06. The molecule has 1 heterocycles. The molecule has 1 saturated heterocycles. The number of halogens is 1. The third-order valence-electron chi connectivity index (χ3n) is 4.06. The first-order valence-electron chi connectivity index (χ1n) is 5.57. The van der Waals surface area contributed by atoms with E-state index < -0.39 is 0 Å². The smallest absolute Gasteiger partial charge is 0.0861 e. The first kappa shape index (κ1) is 14.6. The van der Waals surface area contributed by atoms with Crippen LogP contribution in [0.5, 0.6) is 0 Å². The van der Waals surface area contributed by atoms with E-state index in [9.17, 15) is 0 Å². The van der Waals surface area contributed by atoms with Crippen molar-refractivity contribution in [2.45, 2.75) is 51.6 Å². The van der Waals surface area contributed by atoms with E-state index >= 15 is 0 Å². The van der Waals surface area contributed by atoms with Crippen molar-refractivity contribution >= 4 is 0 Å². The van der Waals surface area contributed by atoms with Gasteiger partial charge in [0, 0.05) is 13.0 Å². The summed E-state index contributed by atoms with van der Waals surface area (Å²) in [5.74, 6) is 0. The van der Waals surface area contributed by atoms with Crippen molar-refractivity contribution in [2.24, 2.45) is 0 Å². The van der Waals surface area contributed by atoms with Crippen molar-refractivity contribution in [1.82, 2.24) is 0 Å². The Hall–Kier alpha value is 0.650. The molecule has 0 saturated carbocycles. The molecular weight excluding hydrogens is 289 g/mol. The first-order chi connectivity index (χ1) is 6.11. The molecule has 1 N–H and O–H groups in total. The van der Waals surface area contributed by atoms with Crippen LogP contribution in [0.25, 0.3) is 0 Å². The average Bonchev–Trinajstić information content (AvgIpc) is 2.11. The zero-order valence-corrected chi connectivity index (χ0v) is 11.8. The predicted octanol–water partition coefficient (Wildman–Crippen LogP) is -1.22. The molecule has 14 heavy (non-hydrogen) atoms. The Kier molecular flexibility index (Phi) is 6.57. The first-order valence-corrected chi connectivity index (χ1v) is 5.57. The van der Waals surface area contributed by atoms with Gasteiger partial charge in [-0.2, -0.15) is 0 Å². The summed E-state index contributed by atoms with van der Waals surface area (Å²) >= 11 is 0. The lowest BCUT2D eigenvalue weighted by atomic mass is 9.94. The molecule has 2 nitrogen and oxygen atoms in total. The molecule has 2 unspecified atom stereocenters. The Balaban J connectivity index is 0.00000169. The summed E-state index contributed by atoms with van der Waals surface area (Å²) in [4.78, 5) is 0. The quantitative estimate of drug-likeness (QED) is 0.512. The summed E-state index contributed by atoms with van der Waals surface area (Å²) in [6.45, 7) is 6.19. The van der Waals surface area contributed by atoms with E-state index in [0.29, 0.717) is 6.61 Å². The molecule has 86 valence electrons. The lowest BCUT2D eigenvalue weighted by Gasteiger charge is -2.48. The number of likely N-dealkylation sites (tertiary alicyclic amines) is 1. The van der Waals surface area contributed by atoms with Crippen molar-refractivity contribution in [1.29, 1.82) is 0 Å². The fourth-order valence-electron chi connectivity index (χ4n) is 2.59. The van der Waals surface area contributed by atoms with Gasteiger partial charge in [0.25, 0.3) is 0 Å². The third kappa shape index (κ3) is 3.07. The Morgan fingerprint density at radius 1 is 1.21 bits per heavy atom. The predicted molar refractivity (Wildman–Crippen MR) is 55.5 cm³/mol. The summed E-state index contributed by atoms with van der Waals surface area (Å²) in [7, 11) is 2.35. The van der Waals surface area contributed by atoms with E-state index in [2.05, 4.69) is 20.9 Å². The second kappa shape index (κ2) is 6.28. The molecule has 3 heteroatoms. The molecule has 0 aromatic rings.